The molecule has 1 heterocycles. The van der Waals surface area contributed by atoms with Crippen molar-refractivity contribution in [3.8, 4) is 0 Å². The SMILES string of the molecule is C=C1CCC[C@]2(C)C[C@H]3OC(=O)C(CNCCc4ccccc4)[C@H]3CC12. The summed E-state index contributed by atoms with van der Waals surface area (Å²) in [5.74, 6) is 0.952. The van der Waals surface area contributed by atoms with Crippen molar-refractivity contribution >= 4 is 5.97 Å². The van der Waals surface area contributed by atoms with Crippen LogP contribution in [0.4, 0.5) is 0 Å². The zero-order valence-corrected chi connectivity index (χ0v) is 15.9. The molecule has 0 spiro atoms. The number of carbonyl (C=O) groups is 1. The van der Waals surface area contributed by atoms with Crippen molar-refractivity contribution < 1.29 is 9.53 Å². The Kier molecular flexibility index (Phi) is 4.92. The van der Waals surface area contributed by atoms with Crippen LogP contribution in [0.25, 0.3) is 0 Å². The summed E-state index contributed by atoms with van der Waals surface area (Å²) in [5.41, 5.74) is 3.03. The highest BCUT2D eigenvalue weighted by molar-refractivity contribution is 5.75. The molecule has 0 aromatic heterocycles. The molecule has 2 saturated carbocycles. The molecule has 2 aliphatic carbocycles. The number of esters is 1. The first kappa shape index (κ1) is 17.8. The van der Waals surface area contributed by atoms with Crippen molar-refractivity contribution in [2.24, 2.45) is 23.2 Å². The van der Waals surface area contributed by atoms with E-state index in [0.717, 1.165) is 38.8 Å². The molecular weight excluding hydrogens is 322 g/mol. The predicted molar refractivity (Wildman–Crippen MR) is 104 cm³/mol. The molecule has 26 heavy (non-hydrogen) atoms. The summed E-state index contributed by atoms with van der Waals surface area (Å²) >= 11 is 0. The van der Waals surface area contributed by atoms with Gasteiger partial charge in [-0.2, -0.15) is 0 Å². The van der Waals surface area contributed by atoms with E-state index in [4.69, 9.17) is 4.74 Å². The van der Waals surface area contributed by atoms with Crippen LogP contribution in [0.2, 0.25) is 0 Å². The topological polar surface area (TPSA) is 38.3 Å². The second-order valence-electron chi connectivity index (χ2n) is 8.84. The zero-order chi connectivity index (χ0) is 18.1. The van der Waals surface area contributed by atoms with Gasteiger partial charge >= 0.3 is 5.97 Å². The minimum Gasteiger partial charge on any atom is -0.462 e. The predicted octanol–water partition coefficient (Wildman–Crippen LogP) is 4.13. The summed E-state index contributed by atoms with van der Waals surface area (Å²) in [6.45, 7) is 8.40. The maximum atomic E-state index is 12.5. The third kappa shape index (κ3) is 3.34. The Bertz CT molecular complexity index is 670. The van der Waals surface area contributed by atoms with Gasteiger partial charge in [-0.1, -0.05) is 49.4 Å². The molecule has 2 unspecified atom stereocenters. The molecule has 1 aliphatic heterocycles. The van der Waals surface area contributed by atoms with Gasteiger partial charge in [0.25, 0.3) is 0 Å². The van der Waals surface area contributed by atoms with E-state index in [-0.39, 0.29) is 23.4 Å². The number of nitrogens with one attached hydrogen (secondary N) is 1. The summed E-state index contributed by atoms with van der Waals surface area (Å²) < 4.78 is 5.83. The van der Waals surface area contributed by atoms with Gasteiger partial charge in [-0.25, -0.2) is 0 Å². The first-order valence-electron chi connectivity index (χ1n) is 10.2. The lowest BCUT2D eigenvalue weighted by atomic mass is 9.55. The number of carbonyl (C=O) groups excluding carboxylic acids is 1. The molecule has 3 aliphatic rings. The maximum Gasteiger partial charge on any atom is 0.310 e. The van der Waals surface area contributed by atoms with Gasteiger partial charge in [-0.3, -0.25) is 4.79 Å². The molecule has 1 N–H and O–H groups in total. The fourth-order valence-electron chi connectivity index (χ4n) is 5.62. The number of hydrogen-bond donors (Lipinski definition) is 1. The van der Waals surface area contributed by atoms with Crippen LogP contribution in [0, 0.1) is 23.2 Å². The summed E-state index contributed by atoms with van der Waals surface area (Å²) in [5, 5.41) is 3.51. The van der Waals surface area contributed by atoms with E-state index >= 15 is 0 Å². The molecule has 0 radical (unpaired) electrons. The molecule has 3 fully saturated rings. The van der Waals surface area contributed by atoms with Crippen LogP contribution < -0.4 is 5.32 Å². The highest BCUT2D eigenvalue weighted by Gasteiger charge is 2.54. The quantitative estimate of drug-likeness (QED) is 0.491. The Labute approximate surface area is 157 Å². The van der Waals surface area contributed by atoms with E-state index in [0.29, 0.717) is 11.8 Å². The number of ether oxygens (including phenoxy) is 1. The van der Waals surface area contributed by atoms with Crippen LogP contribution in [-0.2, 0) is 16.0 Å². The summed E-state index contributed by atoms with van der Waals surface area (Å²) in [6, 6.07) is 10.5. The first-order chi connectivity index (χ1) is 12.6. The van der Waals surface area contributed by atoms with E-state index in [1.54, 1.807) is 0 Å². The molecule has 3 nitrogen and oxygen atoms in total. The lowest BCUT2D eigenvalue weighted by Crippen LogP contribution is -2.45. The normalized spacial score (nSPS) is 36.3. The number of allylic oxidation sites excluding steroid dienone is 1. The lowest BCUT2D eigenvalue weighted by molar-refractivity contribution is -0.146. The van der Waals surface area contributed by atoms with Gasteiger partial charge in [0.1, 0.15) is 6.10 Å². The van der Waals surface area contributed by atoms with Crippen molar-refractivity contribution in [2.45, 2.75) is 51.6 Å². The minimum atomic E-state index is 0.00931. The standard InChI is InChI=1S/C23H31NO2/c1-16-7-6-11-23(2)14-21-18(13-20(16)23)19(22(25)26-21)15-24-12-10-17-8-4-3-5-9-17/h3-5,8-9,18-21,24H,1,6-7,10-15H2,2H3/t18-,19?,20?,21-,23-/m1/s1. The van der Waals surface area contributed by atoms with E-state index in [1.165, 1.54) is 24.0 Å². The zero-order valence-electron chi connectivity index (χ0n) is 15.9. The molecule has 4 rings (SSSR count). The van der Waals surface area contributed by atoms with Gasteiger partial charge in [0.05, 0.1) is 5.92 Å². The van der Waals surface area contributed by atoms with Gasteiger partial charge < -0.3 is 10.1 Å². The number of hydrogen-bond acceptors (Lipinski definition) is 3. The van der Waals surface area contributed by atoms with Gasteiger partial charge in [0.2, 0.25) is 0 Å². The van der Waals surface area contributed by atoms with Crippen LogP contribution in [-0.4, -0.2) is 25.2 Å². The maximum absolute atomic E-state index is 12.5. The molecule has 0 bridgehead atoms. The Morgan fingerprint density at radius 3 is 2.92 bits per heavy atom. The Morgan fingerprint density at radius 1 is 1.31 bits per heavy atom. The second-order valence-corrected chi connectivity index (χ2v) is 8.84. The van der Waals surface area contributed by atoms with Crippen molar-refractivity contribution in [3.63, 3.8) is 0 Å². The minimum absolute atomic E-state index is 0.00931. The monoisotopic (exact) mass is 353 g/mol. The third-order valence-electron chi connectivity index (χ3n) is 7.12. The van der Waals surface area contributed by atoms with Gasteiger partial charge in [0, 0.05) is 12.5 Å². The van der Waals surface area contributed by atoms with Crippen LogP contribution in [0.1, 0.15) is 44.6 Å². The van der Waals surface area contributed by atoms with Crippen LogP contribution >= 0.6 is 0 Å². The van der Waals surface area contributed by atoms with Crippen molar-refractivity contribution in [1.82, 2.24) is 5.32 Å². The van der Waals surface area contributed by atoms with Gasteiger partial charge in [-0.15, -0.1) is 0 Å². The highest BCUT2D eigenvalue weighted by Crippen LogP contribution is 2.56. The average Bonchev–Trinajstić information content (AvgIpc) is 2.92. The van der Waals surface area contributed by atoms with Gasteiger partial charge in [-0.05, 0) is 62.0 Å². The second kappa shape index (κ2) is 7.19. The Balaban J connectivity index is 1.36. The molecule has 0 amide bonds. The van der Waals surface area contributed by atoms with Crippen LogP contribution in [0.3, 0.4) is 0 Å². The van der Waals surface area contributed by atoms with Crippen LogP contribution in [0.5, 0.6) is 0 Å². The Hall–Kier alpha value is -1.61. The van der Waals surface area contributed by atoms with Crippen molar-refractivity contribution in [1.29, 1.82) is 0 Å². The largest absolute Gasteiger partial charge is 0.462 e. The fraction of sp³-hybridized carbons (Fsp3) is 0.609. The summed E-state index contributed by atoms with van der Waals surface area (Å²) in [7, 11) is 0. The molecule has 1 saturated heterocycles. The van der Waals surface area contributed by atoms with Crippen molar-refractivity contribution in [2.75, 3.05) is 13.1 Å². The molecule has 140 valence electrons. The first-order valence-corrected chi connectivity index (χ1v) is 10.2. The smallest absolute Gasteiger partial charge is 0.310 e. The highest BCUT2D eigenvalue weighted by atomic mass is 16.6. The number of fused-ring (bicyclic) bond motifs is 2. The van der Waals surface area contributed by atoms with E-state index in [1.807, 2.05) is 6.07 Å². The fourth-order valence-corrected chi connectivity index (χ4v) is 5.62. The van der Waals surface area contributed by atoms with Crippen molar-refractivity contribution in [3.05, 3.63) is 48.0 Å². The van der Waals surface area contributed by atoms with E-state index in [9.17, 15) is 4.79 Å². The third-order valence-corrected chi connectivity index (χ3v) is 7.12. The molecule has 1 aromatic carbocycles. The molecular formula is C23H31NO2. The Morgan fingerprint density at radius 2 is 2.12 bits per heavy atom. The number of benzene rings is 1. The summed E-state index contributed by atoms with van der Waals surface area (Å²) in [6.07, 6.45) is 6.86. The van der Waals surface area contributed by atoms with Crippen LogP contribution in [0.15, 0.2) is 42.5 Å². The molecule has 5 atom stereocenters. The average molecular weight is 354 g/mol. The van der Waals surface area contributed by atoms with E-state index < -0.39 is 0 Å². The number of rotatable bonds is 5. The van der Waals surface area contributed by atoms with E-state index in [2.05, 4.69) is 43.1 Å². The summed E-state index contributed by atoms with van der Waals surface area (Å²) in [4.78, 5) is 12.5. The van der Waals surface area contributed by atoms with Gasteiger partial charge in [0.15, 0.2) is 0 Å². The molecule has 1 aromatic rings. The lowest BCUT2D eigenvalue weighted by Gasteiger charge is -2.50. The molecule has 3 heteroatoms.